The van der Waals surface area contributed by atoms with Crippen LogP contribution in [-0.2, 0) is 14.4 Å². The molecule has 3 unspecified atom stereocenters. The zero-order valence-corrected chi connectivity index (χ0v) is 16.7. The molecule has 2 aliphatic carbocycles. The zero-order chi connectivity index (χ0) is 20.6. The largest absolute Gasteiger partial charge is 0.478 e. The Bertz CT molecular complexity index is 876. The Morgan fingerprint density at radius 1 is 1.32 bits per heavy atom. The number of allylic oxidation sites excluding steroid dienone is 2. The summed E-state index contributed by atoms with van der Waals surface area (Å²) in [6.45, 7) is 1.27. The normalized spacial score (nSPS) is 21.6. The van der Waals surface area contributed by atoms with Gasteiger partial charge in [-0.1, -0.05) is 30.1 Å². The third-order valence-corrected chi connectivity index (χ3v) is 6.22. The van der Waals surface area contributed by atoms with Crippen molar-refractivity contribution in [2.45, 2.75) is 44.6 Å². The van der Waals surface area contributed by atoms with E-state index in [0.29, 0.717) is 6.42 Å². The minimum atomic E-state index is -1.49. The number of ketones is 2. The summed E-state index contributed by atoms with van der Waals surface area (Å²) >= 11 is 12.9. The molecule has 0 fully saturated rings. The van der Waals surface area contributed by atoms with Gasteiger partial charge < -0.3 is 14.9 Å². The quantitative estimate of drug-likeness (QED) is 0.689. The average Bonchev–Trinajstić information content (AvgIpc) is 2.97. The van der Waals surface area contributed by atoms with Crippen LogP contribution in [0.1, 0.15) is 49.7 Å². The predicted molar refractivity (Wildman–Crippen MR) is 104 cm³/mol. The maximum Gasteiger partial charge on any atom is 0.345 e. The van der Waals surface area contributed by atoms with Crippen LogP contribution in [-0.4, -0.2) is 40.5 Å². The van der Waals surface area contributed by atoms with Gasteiger partial charge in [-0.2, -0.15) is 0 Å². The number of aliphatic carboxylic acids is 1. The van der Waals surface area contributed by atoms with Crippen molar-refractivity contribution in [2.75, 3.05) is 6.61 Å². The summed E-state index contributed by atoms with van der Waals surface area (Å²) in [4.78, 5) is 34.9. The van der Waals surface area contributed by atoms with Gasteiger partial charge in [0.15, 0.2) is 11.6 Å². The first-order valence-electron chi connectivity index (χ1n) is 9.07. The lowest BCUT2D eigenvalue weighted by Crippen LogP contribution is -2.30. The fourth-order valence-corrected chi connectivity index (χ4v) is 4.60. The van der Waals surface area contributed by atoms with Crippen molar-refractivity contribution in [3.05, 3.63) is 33.3 Å². The third-order valence-electron chi connectivity index (χ3n) is 5.37. The van der Waals surface area contributed by atoms with Crippen LogP contribution >= 0.6 is 23.2 Å². The number of rotatable bonds is 7. The highest BCUT2D eigenvalue weighted by Gasteiger charge is 2.40. The number of Topliss-reactive ketones (excluding diaryl/α,β-unsaturated/α-hetero) is 1. The molecular formula is C20H20Cl2O6. The highest BCUT2D eigenvalue weighted by Crippen LogP contribution is 2.56. The molecule has 2 aliphatic rings. The summed E-state index contributed by atoms with van der Waals surface area (Å²) in [6.07, 6.45) is 1.67. The van der Waals surface area contributed by atoms with E-state index in [0.717, 1.165) is 29.5 Å². The molecule has 0 saturated heterocycles. The highest BCUT2D eigenvalue weighted by atomic mass is 35.5. The van der Waals surface area contributed by atoms with Gasteiger partial charge in [0, 0.05) is 12.0 Å². The van der Waals surface area contributed by atoms with Gasteiger partial charge in [-0.05, 0) is 48.0 Å². The topological polar surface area (TPSA) is 101 Å². The first kappa shape index (κ1) is 20.8. The van der Waals surface area contributed by atoms with E-state index in [-0.39, 0.29) is 33.4 Å². The lowest BCUT2D eigenvalue weighted by Gasteiger charge is -2.22. The van der Waals surface area contributed by atoms with Crippen molar-refractivity contribution in [3.63, 3.8) is 0 Å². The second-order valence-corrected chi connectivity index (χ2v) is 7.79. The molecule has 0 amide bonds. The summed E-state index contributed by atoms with van der Waals surface area (Å²) in [5.74, 6) is -1.59. The summed E-state index contributed by atoms with van der Waals surface area (Å²) in [6, 6.07) is 1.67. The Kier molecular flexibility index (Phi) is 6.12. The Hall–Kier alpha value is -1.89. The molecule has 0 bridgehead atoms. The van der Waals surface area contributed by atoms with Crippen LogP contribution < -0.4 is 4.74 Å². The minimum Gasteiger partial charge on any atom is -0.478 e. The van der Waals surface area contributed by atoms with Gasteiger partial charge in [0.25, 0.3) is 0 Å². The lowest BCUT2D eigenvalue weighted by atomic mass is 9.81. The molecule has 8 heteroatoms. The van der Waals surface area contributed by atoms with E-state index in [9.17, 15) is 19.5 Å². The molecule has 1 aromatic carbocycles. The highest BCUT2D eigenvalue weighted by molar-refractivity contribution is 6.44. The van der Waals surface area contributed by atoms with Gasteiger partial charge in [0.05, 0.1) is 11.4 Å². The van der Waals surface area contributed by atoms with Crippen LogP contribution in [0.4, 0.5) is 0 Å². The van der Waals surface area contributed by atoms with Gasteiger partial charge in [-0.3, -0.25) is 9.59 Å². The Morgan fingerprint density at radius 2 is 2.04 bits per heavy atom. The van der Waals surface area contributed by atoms with Crippen LogP contribution in [0.2, 0.25) is 10.0 Å². The lowest BCUT2D eigenvalue weighted by molar-refractivity contribution is -0.147. The smallest absolute Gasteiger partial charge is 0.345 e. The summed E-state index contributed by atoms with van der Waals surface area (Å²) in [5.41, 5.74) is 2.47. The van der Waals surface area contributed by atoms with Crippen LogP contribution in [0.3, 0.4) is 0 Å². The van der Waals surface area contributed by atoms with E-state index >= 15 is 0 Å². The number of aliphatic hydroxyl groups excluding tert-OH is 1. The maximum atomic E-state index is 11.9. The molecule has 6 nitrogen and oxygen atoms in total. The molecule has 28 heavy (non-hydrogen) atoms. The molecule has 3 atom stereocenters. The minimum absolute atomic E-state index is 0.0394. The number of aliphatic hydroxyl groups is 1. The molecule has 0 saturated carbocycles. The van der Waals surface area contributed by atoms with E-state index in [2.05, 4.69) is 0 Å². The predicted octanol–water partition coefficient (Wildman–Crippen LogP) is 3.65. The number of fused-ring (bicyclic) bond motifs is 3. The maximum absolute atomic E-state index is 11.9. The van der Waals surface area contributed by atoms with Crippen molar-refractivity contribution < 1.29 is 29.3 Å². The third kappa shape index (κ3) is 3.69. The second-order valence-electron chi connectivity index (χ2n) is 7.04. The number of hydrogen-bond acceptors (Lipinski definition) is 5. The SMILES string of the molecule is CCC1c2cc(OC(CC(=O)CO)C(=O)O)c(Cl)c(Cl)c2C2=CC(=O)CCC21. The van der Waals surface area contributed by atoms with Gasteiger partial charge in [0.2, 0.25) is 6.10 Å². The van der Waals surface area contributed by atoms with Crippen LogP contribution in [0.5, 0.6) is 5.75 Å². The Balaban J connectivity index is 2.04. The van der Waals surface area contributed by atoms with Crippen molar-refractivity contribution in [1.29, 1.82) is 0 Å². The molecule has 0 radical (unpaired) electrons. The van der Waals surface area contributed by atoms with E-state index in [4.69, 9.17) is 33.0 Å². The summed E-state index contributed by atoms with van der Waals surface area (Å²) < 4.78 is 5.52. The molecule has 3 rings (SSSR count). The van der Waals surface area contributed by atoms with Crippen LogP contribution in [0.15, 0.2) is 12.1 Å². The Labute approximate surface area is 172 Å². The number of carbonyl (C=O) groups is 3. The van der Waals surface area contributed by atoms with E-state index in [1.807, 2.05) is 6.92 Å². The van der Waals surface area contributed by atoms with Crippen LogP contribution in [0.25, 0.3) is 5.57 Å². The van der Waals surface area contributed by atoms with Gasteiger partial charge in [-0.15, -0.1) is 0 Å². The van der Waals surface area contributed by atoms with Crippen molar-refractivity contribution in [1.82, 2.24) is 0 Å². The number of halogens is 2. The Morgan fingerprint density at radius 3 is 2.64 bits per heavy atom. The first-order valence-corrected chi connectivity index (χ1v) is 9.82. The fourth-order valence-electron chi connectivity index (χ4n) is 4.10. The van der Waals surface area contributed by atoms with Crippen molar-refractivity contribution in [3.8, 4) is 5.75 Å². The zero-order valence-electron chi connectivity index (χ0n) is 15.2. The fraction of sp³-hybridized carbons (Fsp3) is 0.450. The average molecular weight is 427 g/mol. The van der Waals surface area contributed by atoms with Crippen LogP contribution in [0, 0.1) is 5.92 Å². The molecule has 1 aromatic rings. The van der Waals surface area contributed by atoms with Crippen molar-refractivity contribution in [2.24, 2.45) is 5.92 Å². The van der Waals surface area contributed by atoms with E-state index in [1.165, 1.54) is 0 Å². The number of hydrogen-bond donors (Lipinski definition) is 2. The standard InChI is InChI=1S/C20H20Cl2O6/c1-2-11-12-4-3-9(24)5-13(12)17-14(11)7-15(18(21)19(17)22)28-16(20(26)27)6-10(25)8-23/h5,7,11-12,16,23H,2-4,6,8H2,1H3,(H,26,27). The number of carboxylic acids is 1. The van der Waals surface area contributed by atoms with Gasteiger partial charge in [0.1, 0.15) is 17.4 Å². The monoisotopic (exact) mass is 426 g/mol. The number of carboxylic acid groups (broad SMARTS) is 1. The molecule has 2 N–H and O–H groups in total. The van der Waals surface area contributed by atoms with E-state index in [1.54, 1.807) is 12.1 Å². The van der Waals surface area contributed by atoms with Gasteiger partial charge in [-0.25, -0.2) is 4.79 Å². The molecule has 150 valence electrons. The van der Waals surface area contributed by atoms with Crippen molar-refractivity contribution >= 4 is 46.3 Å². The number of carbonyl (C=O) groups excluding carboxylic acids is 2. The molecule has 0 spiro atoms. The molecule has 0 heterocycles. The molecular weight excluding hydrogens is 407 g/mol. The summed E-state index contributed by atoms with van der Waals surface area (Å²) in [5, 5.41) is 18.5. The molecule has 0 aliphatic heterocycles. The van der Waals surface area contributed by atoms with Gasteiger partial charge >= 0.3 is 5.97 Å². The molecule has 0 aromatic heterocycles. The summed E-state index contributed by atoms with van der Waals surface area (Å²) in [7, 11) is 0. The second kappa shape index (κ2) is 8.23. The van der Waals surface area contributed by atoms with E-state index < -0.39 is 30.9 Å². The first-order chi connectivity index (χ1) is 13.3. The number of ether oxygens (including phenoxy) is 1. The number of benzene rings is 1.